The number of carbonyl (C=O) groups excluding carboxylic acids is 1. The Labute approximate surface area is 137 Å². The lowest BCUT2D eigenvalue weighted by molar-refractivity contribution is 0.102. The Morgan fingerprint density at radius 3 is 2.65 bits per heavy atom. The first-order chi connectivity index (χ1) is 11.0. The molecule has 0 radical (unpaired) electrons. The number of anilines is 2. The van der Waals surface area contributed by atoms with Gasteiger partial charge in [-0.2, -0.15) is 0 Å². The van der Waals surface area contributed by atoms with Gasteiger partial charge < -0.3 is 15.5 Å². The number of aromatic nitrogens is 2. The molecule has 0 saturated carbocycles. The Balaban J connectivity index is 2.02. The Kier molecular flexibility index (Phi) is 5.65. The summed E-state index contributed by atoms with van der Waals surface area (Å²) in [6, 6.07) is 7.43. The number of rotatable bonds is 6. The van der Waals surface area contributed by atoms with Gasteiger partial charge in [0.15, 0.2) is 0 Å². The highest BCUT2D eigenvalue weighted by Gasteiger charge is 2.09. The van der Waals surface area contributed by atoms with Crippen LogP contribution in [0.1, 0.15) is 21.6 Å². The van der Waals surface area contributed by atoms with Crippen molar-refractivity contribution < 1.29 is 4.79 Å². The molecule has 0 aliphatic heterocycles. The van der Waals surface area contributed by atoms with E-state index in [-0.39, 0.29) is 5.91 Å². The Bertz CT molecular complexity index is 684. The highest BCUT2D eigenvalue weighted by atomic mass is 16.1. The van der Waals surface area contributed by atoms with Crippen LogP contribution >= 0.6 is 0 Å². The highest BCUT2D eigenvalue weighted by molar-refractivity contribution is 6.03. The lowest BCUT2D eigenvalue weighted by atomic mass is 10.1. The highest BCUT2D eigenvalue weighted by Crippen LogP contribution is 2.15. The third-order valence-corrected chi connectivity index (χ3v) is 3.50. The molecule has 0 bridgehead atoms. The van der Waals surface area contributed by atoms with Crippen molar-refractivity contribution in [3.05, 3.63) is 47.3 Å². The van der Waals surface area contributed by atoms with E-state index in [9.17, 15) is 4.79 Å². The van der Waals surface area contributed by atoms with Crippen LogP contribution in [0, 0.1) is 13.8 Å². The molecule has 1 heterocycles. The molecule has 23 heavy (non-hydrogen) atoms. The minimum Gasteiger partial charge on any atom is -0.353 e. The fourth-order valence-electron chi connectivity index (χ4n) is 1.98. The van der Waals surface area contributed by atoms with Crippen LogP contribution in [0.2, 0.25) is 0 Å². The molecule has 2 rings (SSSR count). The second-order valence-electron chi connectivity index (χ2n) is 5.75. The summed E-state index contributed by atoms with van der Waals surface area (Å²) in [6.45, 7) is 5.64. The maximum atomic E-state index is 12.3. The van der Waals surface area contributed by atoms with Gasteiger partial charge in [0, 0.05) is 25.0 Å². The van der Waals surface area contributed by atoms with Crippen LogP contribution in [0.15, 0.2) is 30.5 Å². The standard InChI is InChI=1S/C17H23N5O/c1-12-5-6-14(11-13(12)2)20-16(23)15-7-8-18-17(21-15)19-9-10-22(3)4/h5-8,11H,9-10H2,1-4H3,(H,20,23)(H,18,19,21). The zero-order valence-corrected chi connectivity index (χ0v) is 14.1. The van der Waals surface area contributed by atoms with Gasteiger partial charge in [0.25, 0.3) is 5.91 Å². The molecule has 2 aromatic rings. The zero-order valence-electron chi connectivity index (χ0n) is 14.1. The fourth-order valence-corrected chi connectivity index (χ4v) is 1.98. The topological polar surface area (TPSA) is 70.2 Å². The molecule has 6 heteroatoms. The van der Waals surface area contributed by atoms with Crippen LogP contribution < -0.4 is 10.6 Å². The summed E-state index contributed by atoms with van der Waals surface area (Å²) in [5.41, 5.74) is 3.43. The van der Waals surface area contributed by atoms with Crippen LogP contribution in [-0.4, -0.2) is 48.0 Å². The van der Waals surface area contributed by atoms with Gasteiger partial charge in [0.1, 0.15) is 5.69 Å². The first-order valence-electron chi connectivity index (χ1n) is 7.56. The molecule has 1 amide bonds. The van der Waals surface area contributed by atoms with E-state index in [1.54, 1.807) is 12.3 Å². The lowest BCUT2D eigenvalue weighted by Crippen LogP contribution is -2.22. The van der Waals surface area contributed by atoms with Crippen LogP contribution in [0.25, 0.3) is 0 Å². The lowest BCUT2D eigenvalue weighted by Gasteiger charge is -2.11. The van der Waals surface area contributed by atoms with Crippen LogP contribution in [-0.2, 0) is 0 Å². The van der Waals surface area contributed by atoms with E-state index in [1.807, 2.05) is 46.1 Å². The molecule has 0 aliphatic carbocycles. The molecule has 1 aromatic heterocycles. The second kappa shape index (κ2) is 7.69. The van der Waals surface area contributed by atoms with Crippen molar-refractivity contribution in [2.75, 3.05) is 37.8 Å². The number of amides is 1. The van der Waals surface area contributed by atoms with E-state index >= 15 is 0 Å². The van der Waals surface area contributed by atoms with Gasteiger partial charge in [0.05, 0.1) is 0 Å². The largest absolute Gasteiger partial charge is 0.353 e. The smallest absolute Gasteiger partial charge is 0.274 e. The minimum absolute atomic E-state index is 0.244. The Hall–Kier alpha value is -2.47. The maximum Gasteiger partial charge on any atom is 0.274 e. The third-order valence-electron chi connectivity index (χ3n) is 3.50. The number of likely N-dealkylation sites (N-methyl/N-ethyl adjacent to an activating group) is 1. The second-order valence-corrected chi connectivity index (χ2v) is 5.75. The molecule has 122 valence electrons. The number of benzene rings is 1. The monoisotopic (exact) mass is 313 g/mol. The van der Waals surface area contributed by atoms with Gasteiger partial charge in [-0.3, -0.25) is 4.79 Å². The van der Waals surface area contributed by atoms with Crippen molar-refractivity contribution in [1.82, 2.24) is 14.9 Å². The van der Waals surface area contributed by atoms with Gasteiger partial charge in [-0.05, 0) is 57.3 Å². The molecule has 6 nitrogen and oxygen atoms in total. The summed E-state index contributed by atoms with van der Waals surface area (Å²) in [5, 5.41) is 5.97. The molecular weight excluding hydrogens is 290 g/mol. The number of hydrogen-bond acceptors (Lipinski definition) is 5. The quantitative estimate of drug-likeness (QED) is 0.856. The molecule has 0 spiro atoms. The predicted molar refractivity (Wildman–Crippen MR) is 92.9 cm³/mol. The first-order valence-corrected chi connectivity index (χ1v) is 7.56. The normalized spacial score (nSPS) is 10.7. The van der Waals surface area contributed by atoms with E-state index in [1.165, 1.54) is 5.56 Å². The van der Waals surface area contributed by atoms with Crippen molar-refractivity contribution >= 4 is 17.5 Å². The van der Waals surface area contributed by atoms with Crippen molar-refractivity contribution in [3.8, 4) is 0 Å². The number of nitrogens with one attached hydrogen (secondary N) is 2. The molecular formula is C17H23N5O. The summed E-state index contributed by atoms with van der Waals surface area (Å²) < 4.78 is 0. The SMILES string of the molecule is Cc1ccc(NC(=O)c2ccnc(NCCN(C)C)n2)cc1C. The van der Waals surface area contributed by atoms with Gasteiger partial charge >= 0.3 is 0 Å². The molecule has 0 atom stereocenters. The van der Waals surface area contributed by atoms with E-state index in [2.05, 4.69) is 25.5 Å². The van der Waals surface area contributed by atoms with Gasteiger partial charge in [0.2, 0.25) is 5.95 Å². The van der Waals surface area contributed by atoms with Gasteiger partial charge in [-0.25, -0.2) is 9.97 Å². The van der Waals surface area contributed by atoms with Gasteiger partial charge in [-0.1, -0.05) is 6.07 Å². The maximum absolute atomic E-state index is 12.3. The average Bonchev–Trinajstić information content (AvgIpc) is 2.51. The van der Waals surface area contributed by atoms with Crippen molar-refractivity contribution in [3.63, 3.8) is 0 Å². The average molecular weight is 313 g/mol. The Morgan fingerprint density at radius 1 is 1.17 bits per heavy atom. The molecule has 0 aliphatic rings. The third kappa shape index (κ3) is 5.03. The van der Waals surface area contributed by atoms with Crippen molar-refractivity contribution in [2.24, 2.45) is 0 Å². The summed E-state index contributed by atoms with van der Waals surface area (Å²) in [6.07, 6.45) is 1.58. The van der Waals surface area contributed by atoms with Crippen LogP contribution in [0.3, 0.4) is 0 Å². The van der Waals surface area contributed by atoms with Crippen molar-refractivity contribution in [1.29, 1.82) is 0 Å². The van der Waals surface area contributed by atoms with Crippen LogP contribution in [0.5, 0.6) is 0 Å². The molecule has 2 N–H and O–H groups in total. The first kappa shape index (κ1) is 16.9. The summed E-state index contributed by atoms with van der Waals surface area (Å²) in [4.78, 5) is 22.7. The van der Waals surface area contributed by atoms with E-state index < -0.39 is 0 Å². The molecule has 1 aromatic carbocycles. The zero-order chi connectivity index (χ0) is 16.8. The van der Waals surface area contributed by atoms with E-state index in [0.29, 0.717) is 11.6 Å². The summed E-state index contributed by atoms with van der Waals surface area (Å²) in [5.74, 6) is 0.214. The Morgan fingerprint density at radius 2 is 1.96 bits per heavy atom. The molecule has 0 fully saturated rings. The number of hydrogen-bond donors (Lipinski definition) is 2. The molecule has 0 saturated heterocycles. The number of carbonyl (C=O) groups is 1. The minimum atomic E-state index is -0.244. The van der Waals surface area contributed by atoms with Crippen molar-refractivity contribution in [2.45, 2.75) is 13.8 Å². The number of nitrogens with zero attached hydrogens (tertiary/aromatic N) is 3. The predicted octanol–water partition coefficient (Wildman–Crippen LogP) is 2.32. The fraction of sp³-hybridized carbons (Fsp3) is 0.353. The summed E-state index contributed by atoms with van der Waals surface area (Å²) >= 11 is 0. The van der Waals surface area contributed by atoms with Crippen LogP contribution in [0.4, 0.5) is 11.6 Å². The van der Waals surface area contributed by atoms with Gasteiger partial charge in [-0.15, -0.1) is 0 Å². The molecule has 0 unspecified atom stereocenters. The number of aryl methyl sites for hydroxylation is 2. The summed E-state index contributed by atoms with van der Waals surface area (Å²) in [7, 11) is 3.99. The van der Waals surface area contributed by atoms with E-state index in [0.717, 1.165) is 24.3 Å². The van der Waals surface area contributed by atoms with E-state index in [4.69, 9.17) is 0 Å².